The van der Waals surface area contributed by atoms with Crippen LogP contribution in [-0.2, 0) is 9.47 Å². The summed E-state index contributed by atoms with van der Waals surface area (Å²) in [6, 6.07) is 0.0589. The molecule has 2 fully saturated rings. The maximum absolute atomic E-state index is 12.0. The molecule has 0 saturated carbocycles. The second kappa shape index (κ2) is 5.51. The van der Waals surface area contributed by atoms with E-state index in [1.54, 1.807) is 0 Å². The van der Waals surface area contributed by atoms with Crippen LogP contribution in [0.5, 0.6) is 0 Å². The number of carbonyl (C=O) groups is 1. The molecule has 2 saturated heterocycles. The molecule has 0 aromatic carbocycles. The zero-order chi connectivity index (χ0) is 13.1. The summed E-state index contributed by atoms with van der Waals surface area (Å²) in [5.41, 5.74) is 1.53. The van der Waals surface area contributed by atoms with Crippen molar-refractivity contribution < 1.29 is 14.3 Å². The highest BCUT2D eigenvalue weighted by atomic mass is 16.5. The Morgan fingerprint density at radius 1 is 1.26 bits per heavy atom. The van der Waals surface area contributed by atoms with Crippen LogP contribution in [0.2, 0.25) is 0 Å². The van der Waals surface area contributed by atoms with E-state index in [1.807, 2.05) is 4.90 Å². The summed E-state index contributed by atoms with van der Waals surface area (Å²) in [6.07, 6.45) is 5.31. The fourth-order valence-electron chi connectivity index (χ4n) is 3.06. The van der Waals surface area contributed by atoms with Gasteiger partial charge in [0.2, 0.25) is 0 Å². The molecule has 3 heterocycles. The molecular weight excluding hydrogens is 244 g/mol. The highest BCUT2D eigenvalue weighted by molar-refractivity contribution is 5.75. The van der Waals surface area contributed by atoms with Crippen LogP contribution < -0.4 is 5.32 Å². The van der Waals surface area contributed by atoms with E-state index >= 15 is 0 Å². The van der Waals surface area contributed by atoms with Crippen molar-refractivity contribution in [3.05, 3.63) is 11.6 Å². The Balaban J connectivity index is 1.41. The van der Waals surface area contributed by atoms with E-state index in [9.17, 15) is 4.79 Å². The minimum absolute atomic E-state index is 0.0589. The number of nitrogens with one attached hydrogen (secondary N) is 1. The molecule has 0 aromatic heterocycles. The van der Waals surface area contributed by atoms with E-state index in [2.05, 4.69) is 11.4 Å². The van der Waals surface area contributed by atoms with Crippen molar-refractivity contribution in [1.82, 2.24) is 10.2 Å². The summed E-state index contributed by atoms with van der Waals surface area (Å²) >= 11 is 0. The molecule has 19 heavy (non-hydrogen) atoms. The highest BCUT2D eigenvalue weighted by Crippen LogP contribution is 2.39. The van der Waals surface area contributed by atoms with Crippen molar-refractivity contribution in [2.45, 2.75) is 19.3 Å². The molecule has 0 radical (unpaired) electrons. The molecule has 5 heteroatoms. The molecule has 0 atom stereocenters. The number of ether oxygens (including phenoxy) is 2. The van der Waals surface area contributed by atoms with Gasteiger partial charge in [-0.05, 0) is 24.8 Å². The van der Waals surface area contributed by atoms with Crippen molar-refractivity contribution in [3.63, 3.8) is 0 Å². The Morgan fingerprint density at radius 3 is 2.74 bits per heavy atom. The highest BCUT2D eigenvalue weighted by Gasteiger charge is 2.45. The van der Waals surface area contributed by atoms with Gasteiger partial charge in [-0.1, -0.05) is 6.08 Å². The summed E-state index contributed by atoms with van der Waals surface area (Å²) in [5.74, 6) is 0. The molecule has 106 valence electrons. The van der Waals surface area contributed by atoms with Crippen molar-refractivity contribution in [1.29, 1.82) is 0 Å². The molecule has 2 amide bonds. The maximum Gasteiger partial charge on any atom is 0.317 e. The monoisotopic (exact) mass is 266 g/mol. The number of likely N-dealkylation sites (tertiary alicyclic amines) is 1. The zero-order valence-corrected chi connectivity index (χ0v) is 11.3. The van der Waals surface area contributed by atoms with Gasteiger partial charge in [-0.2, -0.15) is 0 Å². The number of hydrogen-bond donors (Lipinski definition) is 1. The third kappa shape index (κ3) is 2.92. The van der Waals surface area contributed by atoms with Crippen LogP contribution in [0.15, 0.2) is 11.6 Å². The third-order valence-corrected chi connectivity index (χ3v) is 4.34. The second-order valence-electron chi connectivity index (χ2n) is 5.83. The topological polar surface area (TPSA) is 50.8 Å². The first-order valence-electron chi connectivity index (χ1n) is 7.14. The van der Waals surface area contributed by atoms with Crippen LogP contribution in [0.1, 0.15) is 19.3 Å². The van der Waals surface area contributed by atoms with Gasteiger partial charge >= 0.3 is 6.03 Å². The minimum Gasteiger partial charge on any atom is -0.381 e. The Bertz CT molecular complexity index is 367. The predicted octanol–water partition coefficient (Wildman–Crippen LogP) is 1.16. The van der Waals surface area contributed by atoms with E-state index in [1.165, 1.54) is 5.57 Å². The third-order valence-electron chi connectivity index (χ3n) is 4.34. The summed E-state index contributed by atoms with van der Waals surface area (Å²) in [6.45, 7) is 5.54. The van der Waals surface area contributed by atoms with Gasteiger partial charge in [0.15, 0.2) is 0 Å². The van der Waals surface area contributed by atoms with Crippen molar-refractivity contribution in [2.24, 2.45) is 5.41 Å². The zero-order valence-electron chi connectivity index (χ0n) is 11.3. The van der Waals surface area contributed by atoms with Crippen molar-refractivity contribution in [3.8, 4) is 0 Å². The van der Waals surface area contributed by atoms with Crippen LogP contribution >= 0.6 is 0 Å². The lowest BCUT2D eigenvalue weighted by Crippen LogP contribution is -2.62. The summed E-state index contributed by atoms with van der Waals surface area (Å²) in [5, 5.41) is 2.98. The van der Waals surface area contributed by atoms with Crippen molar-refractivity contribution in [2.75, 3.05) is 46.1 Å². The van der Waals surface area contributed by atoms with Crippen LogP contribution in [0.25, 0.3) is 0 Å². The average molecular weight is 266 g/mol. The van der Waals surface area contributed by atoms with Gasteiger partial charge in [-0.3, -0.25) is 0 Å². The Morgan fingerprint density at radius 2 is 2.05 bits per heavy atom. The number of carbonyl (C=O) groups excluding carboxylic acids is 1. The fraction of sp³-hybridized carbons (Fsp3) is 0.786. The Kier molecular flexibility index (Phi) is 3.75. The lowest BCUT2D eigenvalue weighted by molar-refractivity contribution is -0.0615. The predicted molar refractivity (Wildman–Crippen MR) is 71.0 cm³/mol. The maximum atomic E-state index is 12.0. The summed E-state index contributed by atoms with van der Waals surface area (Å²) in [7, 11) is 0. The smallest absolute Gasteiger partial charge is 0.317 e. The number of rotatable bonds is 2. The molecule has 0 aromatic rings. The Labute approximate surface area is 113 Å². The van der Waals surface area contributed by atoms with Gasteiger partial charge in [0.1, 0.15) is 0 Å². The largest absolute Gasteiger partial charge is 0.381 e. The molecule has 0 unspecified atom stereocenters. The standard InChI is InChI=1S/C14H22N2O3/c17-13(15-8-12-2-1-5-19-9-12)16-10-14(11-16)3-6-18-7-4-14/h2H,1,3-11H2,(H,15,17). The van der Waals surface area contributed by atoms with E-state index in [4.69, 9.17) is 9.47 Å². The first kappa shape index (κ1) is 12.9. The number of hydrogen-bond acceptors (Lipinski definition) is 3. The van der Waals surface area contributed by atoms with E-state index in [0.29, 0.717) is 18.6 Å². The molecular formula is C14H22N2O3. The molecule has 3 rings (SSSR count). The molecule has 1 N–H and O–H groups in total. The van der Waals surface area contributed by atoms with Crippen LogP contribution in [0, 0.1) is 5.41 Å². The fourth-order valence-corrected chi connectivity index (χ4v) is 3.06. The quantitative estimate of drug-likeness (QED) is 0.763. The van der Waals surface area contributed by atoms with Gasteiger partial charge in [-0.15, -0.1) is 0 Å². The van der Waals surface area contributed by atoms with Crippen LogP contribution in [0.4, 0.5) is 4.79 Å². The second-order valence-corrected chi connectivity index (χ2v) is 5.83. The van der Waals surface area contributed by atoms with E-state index in [0.717, 1.165) is 52.2 Å². The molecule has 0 aliphatic carbocycles. The molecule has 1 spiro atoms. The first-order valence-corrected chi connectivity index (χ1v) is 7.14. The van der Waals surface area contributed by atoms with Gasteiger partial charge < -0.3 is 19.7 Å². The average Bonchev–Trinajstić information content (AvgIpc) is 2.44. The normalized spacial score (nSPS) is 25.7. The van der Waals surface area contributed by atoms with Crippen LogP contribution in [-0.4, -0.2) is 57.0 Å². The van der Waals surface area contributed by atoms with Crippen molar-refractivity contribution >= 4 is 6.03 Å². The van der Waals surface area contributed by atoms with Gasteiger partial charge in [0.05, 0.1) is 13.2 Å². The first-order chi connectivity index (χ1) is 9.27. The number of amides is 2. The summed E-state index contributed by atoms with van der Waals surface area (Å²) < 4.78 is 10.7. The van der Waals surface area contributed by atoms with E-state index in [-0.39, 0.29) is 6.03 Å². The molecule has 5 nitrogen and oxygen atoms in total. The number of nitrogens with zero attached hydrogens (tertiary/aromatic N) is 1. The molecule has 3 aliphatic heterocycles. The lowest BCUT2D eigenvalue weighted by atomic mass is 9.73. The van der Waals surface area contributed by atoms with Gasteiger partial charge in [0.25, 0.3) is 0 Å². The number of urea groups is 1. The van der Waals surface area contributed by atoms with Crippen LogP contribution in [0.3, 0.4) is 0 Å². The Hall–Kier alpha value is -1.07. The molecule has 0 bridgehead atoms. The van der Waals surface area contributed by atoms with E-state index < -0.39 is 0 Å². The minimum atomic E-state index is 0.0589. The van der Waals surface area contributed by atoms with Gasteiger partial charge in [0, 0.05) is 38.3 Å². The summed E-state index contributed by atoms with van der Waals surface area (Å²) in [4.78, 5) is 13.9. The SMILES string of the molecule is O=C(NCC1=CCCOC1)N1CC2(CCOCC2)C1. The molecule has 3 aliphatic rings. The van der Waals surface area contributed by atoms with Gasteiger partial charge in [-0.25, -0.2) is 4.79 Å². The lowest BCUT2D eigenvalue weighted by Gasteiger charge is -2.51.